The molecule has 2 N–H and O–H groups in total. The van der Waals surface area contributed by atoms with Crippen LogP contribution in [0.2, 0.25) is 0 Å². The number of fused-ring (bicyclic) bond motifs is 5. The molecular weight excluding hydrogens is 415 g/mol. The van der Waals surface area contributed by atoms with E-state index < -0.39 is 18.4 Å². The van der Waals surface area contributed by atoms with E-state index >= 15 is 4.39 Å². The second kappa shape index (κ2) is 8.90. The second-order valence-corrected chi connectivity index (χ2v) is 12.6. The van der Waals surface area contributed by atoms with Gasteiger partial charge in [-0.05, 0) is 96.7 Å². The number of aliphatic hydroxyl groups excluding tert-OH is 2. The number of carbonyl (C=O) groups is 1. The zero-order valence-electron chi connectivity index (χ0n) is 21.4. The molecule has 3 saturated carbocycles. The minimum Gasteiger partial charge on any atom is -0.390 e. The first-order valence-electron chi connectivity index (χ1n) is 13.4. The molecular formula is C29H45FO3. The highest BCUT2D eigenvalue weighted by Gasteiger charge is 2.61. The van der Waals surface area contributed by atoms with Crippen LogP contribution in [-0.4, -0.2) is 34.4 Å². The van der Waals surface area contributed by atoms with Gasteiger partial charge < -0.3 is 10.2 Å². The van der Waals surface area contributed by atoms with Crippen molar-refractivity contribution >= 4 is 5.78 Å². The van der Waals surface area contributed by atoms with Gasteiger partial charge in [0.25, 0.3) is 0 Å². The van der Waals surface area contributed by atoms with Crippen molar-refractivity contribution in [2.45, 2.75) is 98.4 Å². The zero-order chi connectivity index (χ0) is 24.3. The summed E-state index contributed by atoms with van der Waals surface area (Å²) in [5.74, 6) is 1.80. The largest absolute Gasteiger partial charge is 0.390 e. The van der Waals surface area contributed by atoms with Crippen LogP contribution in [0.5, 0.6) is 0 Å². The molecule has 0 spiro atoms. The molecule has 0 aromatic carbocycles. The fourth-order valence-corrected chi connectivity index (χ4v) is 9.01. The molecule has 0 amide bonds. The van der Waals surface area contributed by atoms with Crippen LogP contribution in [0.3, 0.4) is 0 Å². The predicted molar refractivity (Wildman–Crippen MR) is 130 cm³/mol. The number of halogens is 1. The first-order valence-corrected chi connectivity index (χ1v) is 13.4. The minimum absolute atomic E-state index is 0.0161. The van der Waals surface area contributed by atoms with Gasteiger partial charge in [-0.15, -0.1) is 0 Å². The Labute approximate surface area is 199 Å². The highest BCUT2D eigenvalue weighted by atomic mass is 19.1. The lowest BCUT2D eigenvalue weighted by molar-refractivity contribution is -0.112. The second-order valence-electron chi connectivity index (χ2n) is 12.6. The lowest BCUT2D eigenvalue weighted by Crippen LogP contribution is -2.53. The summed E-state index contributed by atoms with van der Waals surface area (Å²) in [5.41, 5.74) is 0.398. The Kier molecular flexibility index (Phi) is 6.77. The molecule has 4 aliphatic carbocycles. The maximum atomic E-state index is 15.5. The Hall–Kier alpha value is -1.00. The first kappa shape index (κ1) is 25.1. The van der Waals surface area contributed by atoms with Crippen LogP contribution < -0.4 is 0 Å². The Morgan fingerprint density at radius 2 is 1.79 bits per heavy atom. The average molecular weight is 461 g/mol. The highest BCUT2D eigenvalue weighted by molar-refractivity contribution is 6.01. The van der Waals surface area contributed by atoms with Crippen LogP contribution in [0.4, 0.5) is 4.39 Å². The van der Waals surface area contributed by atoms with E-state index in [2.05, 4.69) is 41.5 Å². The number of hydrogen-bond acceptors (Lipinski definition) is 3. The molecule has 0 radical (unpaired) electrons. The molecule has 4 heteroatoms. The molecule has 0 aromatic heterocycles. The number of rotatable bonds is 6. The van der Waals surface area contributed by atoms with Gasteiger partial charge in [0.2, 0.25) is 0 Å². The molecule has 0 aliphatic heterocycles. The van der Waals surface area contributed by atoms with E-state index in [0.29, 0.717) is 41.6 Å². The topological polar surface area (TPSA) is 57.5 Å². The molecule has 3 nitrogen and oxygen atoms in total. The first-order chi connectivity index (χ1) is 15.5. The van der Waals surface area contributed by atoms with Gasteiger partial charge in [-0.25, -0.2) is 4.39 Å². The lowest BCUT2D eigenvalue weighted by atomic mass is 9.47. The monoisotopic (exact) mass is 460 g/mol. The lowest BCUT2D eigenvalue weighted by Gasteiger charge is -2.58. The van der Waals surface area contributed by atoms with Gasteiger partial charge in [0.05, 0.1) is 12.2 Å². The maximum absolute atomic E-state index is 15.5. The Morgan fingerprint density at radius 1 is 1.09 bits per heavy atom. The predicted octanol–water partition coefficient (Wildman–Crippen LogP) is 5.90. The number of alkyl halides is 1. The summed E-state index contributed by atoms with van der Waals surface area (Å²) in [5, 5.41) is 22.3. The van der Waals surface area contributed by atoms with Crippen LogP contribution in [-0.2, 0) is 4.79 Å². The number of allylic oxidation sites excluding steroid dienone is 4. The van der Waals surface area contributed by atoms with Crippen molar-refractivity contribution < 1.29 is 19.4 Å². The van der Waals surface area contributed by atoms with Crippen molar-refractivity contribution in [3.63, 3.8) is 0 Å². The molecule has 0 unspecified atom stereocenters. The molecule has 11 atom stereocenters. The molecule has 0 bridgehead atoms. The Balaban J connectivity index is 1.57. The van der Waals surface area contributed by atoms with E-state index in [9.17, 15) is 15.0 Å². The van der Waals surface area contributed by atoms with E-state index in [1.54, 1.807) is 12.2 Å². The van der Waals surface area contributed by atoms with Gasteiger partial charge in [-0.3, -0.25) is 4.79 Å². The normalized spacial score (nSPS) is 43.9. The molecule has 0 aromatic rings. The quantitative estimate of drug-likeness (QED) is 0.519. The van der Waals surface area contributed by atoms with Gasteiger partial charge in [-0.2, -0.15) is 0 Å². The fraction of sp³-hybridized carbons (Fsp3) is 0.828. The molecule has 3 fully saturated rings. The summed E-state index contributed by atoms with van der Waals surface area (Å²) in [7, 11) is 0. The summed E-state index contributed by atoms with van der Waals surface area (Å²) >= 11 is 0. The summed E-state index contributed by atoms with van der Waals surface area (Å²) in [6.07, 6.45) is 8.30. The van der Waals surface area contributed by atoms with Crippen molar-refractivity contribution in [2.75, 3.05) is 0 Å². The van der Waals surface area contributed by atoms with Gasteiger partial charge in [0.1, 0.15) is 6.17 Å². The van der Waals surface area contributed by atoms with Gasteiger partial charge in [-0.1, -0.05) is 54.0 Å². The Bertz CT molecular complexity index is 818. The third-order valence-corrected chi connectivity index (χ3v) is 10.9. The van der Waals surface area contributed by atoms with Crippen LogP contribution >= 0.6 is 0 Å². The molecule has 4 rings (SSSR count). The van der Waals surface area contributed by atoms with Crippen molar-refractivity contribution in [3.8, 4) is 0 Å². The number of ketones is 1. The van der Waals surface area contributed by atoms with Crippen LogP contribution in [0, 0.1) is 52.3 Å². The molecule has 0 heterocycles. The summed E-state index contributed by atoms with van der Waals surface area (Å²) in [6.45, 7) is 13.0. The number of hydrogen-bond donors (Lipinski definition) is 2. The van der Waals surface area contributed by atoms with Crippen LogP contribution in [0.25, 0.3) is 0 Å². The number of carbonyl (C=O) groups excluding carboxylic acids is 1. The molecule has 186 valence electrons. The summed E-state index contributed by atoms with van der Waals surface area (Å²) in [6, 6.07) is 0. The van der Waals surface area contributed by atoms with E-state index in [4.69, 9.17) is 0 Å². The van der Waals surface area contributed by atoms with Crippen molar-refractivity contribution in [1.29, 1.82) is 0 Å². The van der Waals surface area contributed by atoms with Crippen molar-refractivity contribution in [3.05, 3.63) is 23.8 Å². The van der Waals surface area contributed by atoms with E-state index in [1.807, 2.05) is 6.08 Å². The average Bonchev–Trinajstić information content (AvgIpc) is 3.11. The van der Waals surface area contributed by atoms with Crippen LogP contribution in [0.1, 0.15) is 80.1 Å². The minimum atomic E-state index is -1.05. The van der Waals surface area contributed by atoms with Gasteiger partial charge in [0.15, 0.2) is 5.78 Å². The standard InChI is InChI=1S/C29H45FO3/c1-7-19(16(2)3)27(33)26(32)17(4)21-8-9-22-20-15-25(30)24-14-18(31)10-12-29(24,6)23(20)11-13-28(21,22)5/h10,12,14,16-17,19-23,25-27,32-33H,7-9,11,13,15H2,1-6H3/t17-,19+,20+,21-,22+,23+,25-,26-,27+,28-,29-/m1/s1. The molecule has 4 aliphatic rings. The fourth-order valence-electron chi connectivity index (χ4n) is 9.01. The zero-order valence-corrected chi connectivity index (χ0v) is 21.4. The van der Waals surface area contributed by atoms with Gasteiger partial charge >= 0.3 is 0 Å². The smallest absolute Gasteiger partial charge is 0.178 e. The van der Waals surface area contributed by atoms with Crippen molar-refractivity contribution in [2.24, 2.45) is 52.3 Å². The van der Waals surface area contributed by atoms with E-state index in [0.717, 1.165) is 32.1 Å². The molecule has 33 heavy (non-hydrogen) atoms. The molecule has 0 saturated heterocycles. The third kappa shape index (κ3) is 3.88. The Morgan fingerprint density at radius 3 is 2.42 bits per heavy atom. The van der Waals surface area contributed by atoms with Crippen LogP contribution in [0.15, 0.2) is 23.8 Å². The SMILES string of the molecule is CC[C@@H](C(C)C)[C@H](O)[C@H](O)[C@H](C)[C@H]1CC[C@H]2[C@@H]3C[C@@H](F)C4=CC(=O)C=C[C@]4(C)[C@H]3CC[C@]12C. The number of aliphatic hydroxyl groups is 2. The van der Waals surface area contributed by atoms with E-state index in [1.165, 1.54) is 0 Å². The third-order valence-electron chi connectivity index (χ3n) is 10.9. The summed E-state index contributed by atoms with van der Waals surface area (Å²) < 4.78 is 15.5. The van der Waals surface area contributed by atoms with Crippen molar-refractivity contribution in [1.82, 2.24) is 0 Å². The van der Waals surface area contributed by atoms with Gasteiger partial charge in [0, 0.05) is 5.41 Å². The maximum Gasteiger partial charge on any atom is 0.178 e. The highest BCUT2D eigenvalue weighted by Crippen LogP contribution is 2.67. The summed E-state index contributed by atoms with van der Waals surface area (Å²) in [4.78, 5) is 12.0. The van der Waals surface area contributed by atoms with E-state index in [-0.39, 0.29) is 28.4 Å².